The van der Waals surface area contributed by atoms with Gasteiger partial charge in [-0.15, -0.1) is 0 Å². The van der Waals surface area contributed by atoms with Crippen LogP contribution in [-0.4, -0.2) is 16.3 Å². The van der Waals surface area contributed by atoms with E-state index in [-0.39, 0.29) is 6.09 Å². The summed E-state index contributed by atoms with van der Waals surface area (Å²) in [5, 5.41) is 0. The van der Waals surface area contributed by atoms with Crippen LogP contribution >= 0.6 is 15.9 Å². The van der Waals surface area contributed by atoms with E-state index in [9.17, 15) is 4.79 Å². The molecule has 0 spiro atoms. The molecule has 1 aromatic carbocycles. The summed E-state index contributed by atoms with van der Waals surface area (Å²) in [6.07, 6.45) is 3.56. The van der Waals surface area contributed by atoms with Crippen LogP contribution in [0.4, 0.5) is 4.79 Å². The van der Waals surface area contributed by atoms with Crippen LogP contribution in [0.3, 0.4) is 0 Å². The van der Waals surface area contributed by atoms with Crippen molar-refractivity contribution in [2.75, 3.05) is 0 Å². The number of carbonyl (C=O) groups excluding carboxylic acids is 1. The van der Waals surface area contributed by atoms with Gasteiger partial charge in [0.15, 0.2) is 0 Å². The van der Waals surface area contributed by atoms with Crippen LogP contribution in [0.1, 0.15) is 39.7 Å². The second-order valence-electron chi connectivity index (χ2n) is 6.34. The van der Waals surface area contributed by atoms with Crippen LogP contribution in [0.25, 0.3) is 11.3 Å². The van der Waals surface area contributed by atoms with Crippen molar-refractivity contribution >= 4 is 22.0 Å². The second kappa shape index (κ2) is 6.69. The van der Waals surface area contributed by atoms with Crippen molar-refractivity contribution in [3.05, 3.63) is 46.6 Å². The maximum atomic E-state index is 12.4. The Morgan fingerprint density at radius 1 is 1.23 bits per heavy atom. The summed E-state index contributed by atoms with van der Waals surface area (Å²) in [7, 11) is 0. The van der Waals surface area contributed by atoms with Crippen LogP contribution < -0.4 is 0 Å². The number of nitrogens with zero attached hydrogens (tertiary/aromatic N) is 1. The molecule has 0 atom stereocenters. The topological polar surface area (TPSA) is 31.2 Å². The molecule has 0 fully saturated rings. The molecule has 1 aromatic heterocycles. The number of aryl methyl sites for hydroxylation is 1. The molecular weight excluding hydrogens is 342 g/mol. The molecule has 0 saturated carbocycles. The second-order valence-corrected chi connectivity index (χ2v) is 7.26. The minimum atomic E-state index is -0.518. The highest BCUT2D eigenvalue weighted by molar-refractivity contribution is 9.10. The third-order valence-electron chi connectivity index (χ3n) is 3.17. The molecule has 2 aromatic rings. The largest absolute Gasteiger partial charge is 0.443 e. The van der Waals surface area contributed by atoms with Crippen LogP contribution in [-0.2, 0) is 11.2 Å². The lowest BCUT2D eigenvalue weighted by Gasteiger charge is -2.20. The predicted octanol–water partition coefficient (Wildman–Crippen LogP) is 5.65. The maximum Gasteiger partial charge on any atom is 0.419 e. The molecule has 0 aliphatic rings. The SMILES string of the molecule is CCCc1ccc(-c2cc(Br)cn2C(=O)OC(C)(C)C)cc1. The van der Waals surface area contributed by atoms with Gasteiger partial charge in [-0.2, -0.15) is 0 Å². The summed E-state index contributed by atoms with van der Waals surface area (Å²) >= 11 is 3.44. The van der Waals surface area contributed by atoms with Gasteiger partial charge in [-0.3, -0.25) is 4.57 Å². The lowest BCUT2D eigenvalue weighted by molar-refractivity contribution is 0.0540. The Bertz CT molecular complexity index is 651. The number of hydrogen-bond donors (Lipinski definition) is 0. The number of aromatic nitrogens is 1. The molecule has 0 aliphatic carbocycles. The molecule has 2 rings (SSSR count). The lowest BCUT2D eigenvalue weighted by Crippen LogP contribution is -2.27. The van der Waals surface area contributed by atoms with E-state index >= 15 is 0 Å². The highest BCUT2D eigenvalue weighted by Crippen LogP contribution is 2.27. The molecular formula is C18H22BrNO2. The summed E-state index contributed by atoms with van der Waals surface area (Å²) < 4.78 is 7.86. The van der Waals surface area contributed by atoms with Crippen LogP contribution in [0.15, 0.2) is 41.0 Å². The molecule has 3 nitrogen and oxygen atoms in total. The van der Waals surface area contributed by atoms with Gasteiger partial charge in [0, 0.05) is 10.7 Å². The van der Waals surface area contributed by atoms with E-state index in [1.165, 1.54) is 5.56 Å². The fourth-order valence-corrected chi connectivity index (χ4v) is 2.67. The molecule has 4 heteroatoms. The first-order chi connectivity index (χ1) is 10.3. The van der Waals surface area contributed by atoms with E-state index in [1.54, 1.807) is 10.8 Å². The van der Waals surface area contributed by atoms with Crippen molar-refractivity contribution in [2.45, 2.75) is 46.1 Å². The summed E-state index contributed by atoms with van der Waals surface area (Å²) in [6.45, 7) is 7.76. The van der Waals surface area contributed by atoms with Crippen LogP contribution in [0.5, 0.6) is 0 Å². The van der Waals surface area contributed by atoms with E-state index in [2.05, 4.69) is 35.0 Å². The van der Waals surface area contributed by atoms with Gasteiger partial charge in [0.25, 0.3) is 0 Å². The smallest absolute Gasteiger partial charge is 0.419 e. The highest BCUT2D eigenvalue weighted by atomic mass is 79.9. The number of rotatable bonds is 3. The first-order valence-corrected chi connectivity index (χ1v) is 8.30. The zero-order valence-electron chi connectivity index (χ0n) is 13.5. The van der Waals surface area contributed by atoms with Gasteiger partial charge >= 0.3 is 6.09 Å². The van der Waals surface area contributed by atoms with Crippen molar-refractivity contribution < 1.29 is 9.53 Å². The van der Waals surface area contributed by atoms with E-state index in [0.29, 0.717) is 0 Å². The average Bonchev–Trinajstić information content (AvgIpc) is 2.80. The maximum absolute atomic E-state index is 12.4. The van der Waals surface area contributed by atoms with Gasteiger partial charge in [-0.25, -0.2) is 4.79 Å². The highest BCUT2D eigenvalue weighted by Gasteiger charge is 2.20. The first-order valence-electron chi connectivity index (χ1n) is 7.50. The van der Waals surface area contributed by atoms with E-state index < -0.39 is 5.60 Å². The minimum absolute atomic E-state index is 0.370. The number of carbonyl (C=O) groups is 1. The monoisotopic (exact) mass is 363 g/mol. The van der Waals surface area contributed by atoms with Crippen molar-refractivity contribution in [3.8, 4) is 11.3 Å². The Hall–Kier alpha value is -1.55. The number of hydrogen-bond acceptors (Lipinski definition) is 2. The standard InChI is InChI=1S/C18H22BrNO2/c1-5-6-13-7-9-14(10-8-13)16-11-15(19)12-20(16)17(21)22-18(2,3)4/h7-12H,5-6H2,1-4H3. The number of benzene rings is 1. The Labute approximate surface area is 140 Å². The Morgan fingerprint density at radius 3 is 2.41 bits per heavy atom. The predicted molar refractivity (Wildman–Crippen MR) is 93.2 cm³/mol. The molecule has 0 saturated heterocycles. The lowest BCUT2D eigenvalue weighted by atomic mass is 10.1. The number of halogens is 1. The normalized spacial score (nSPS) is 11.5. The Kier molecular flexibility index (Phi) is 5.12. The van der Waals surface area contributed by atoms with E-state index in [4.69, 9.17) is 4.74 Å². The third kappa shape index (κ3) is 4.23. The summed E-state index contributed by atoms with van der Waals surface area (Å²) in [5.74, 6) is 0. The van der Waals surface area contributed by atoms with Gasteiger partial charge in [0.05, 0.1) is 5.69 Å². The van der Waals surface area contributed by atoms with Gasteiger partial charge < -0.3 is 4.74 Å². The molecule has 0 aliphatic heterocycles. The molecule has 1 heterocycles. The van der Waals surface area contributed by atoms with Gasteiger partial charge in [0.1, 0.15) is 5.60 Å². The van der Waals surface area contributed by atoms with Crippen molar-refractivity contribution in [1.82, 2.24) is 4.57 Å². The Morgan fingerprint density at radius 2 is 1.86 bits per heavy atom. The first kappa shape index (κ1) is 16.8. The summed E-state index contributed by atoms with van der Waals surface area (Å²) in [5.41, 5.74) is 2.61. The molecule has 0 bridgehead atoms. The molecule has 118 valence electrons. The third-order valence-corrected chi connectivity index (χ3v) is 3.60. The zero-order chi connectivity index (χ0) is 16.3. The van der Waals surface area contributed by atoms with Gasteiger partial charge in [-0.1, -0.05) is 37.6 Å². The fraction of sp³-hybridized carbons (Fsp3) is 0.389. The number of ether oxygens (including phenoxy) is 1. The summed E-state index contributed by atoms with van der Waals surface area (Å²) in [4.78, 5) is 12.4. The summed E-state index contributed by atoms with van der Waals surface area (Å²) in [6, 6.07) is 10.2. The molecule has 0 radical (unpaired) electrons. The van der Waals surface area contributed by atoms with E-state index in [0.717, 1.165) is 28.6 Å². The minimum Gasteiger partial charge on any atom is -0.443 e. The van der Waals surface area contributed by atoms with Crippen molar-refractivity contribution in [2.24, 2.45) is 0 Å². The molecule has 22 heavy (non-hydrogen) atoms. The van der Waals surface area contributed by atoms with Crippen molar-refractivity contribution in [3.63, 3.8) is 0 Å². The van der Waals surface area contributed by atoms with Gasteiger partial charge in [-0.05, 0) is 60.3 Å². The quantitative estimate of drug-likeness (QED) is 0.704. The molecule has 0 N–H and O–H groups in total. The fourth-order valence-electron chi connectivity index (χ4n) is 2.25. The van der Waals surface area contributed by atoms with Crippen molar-refractivity contribution in [1.29, 1.82) is 0 Å². The van der Waals surface area contributed by atoms with Crippen LogP contribution in [0, 0.1) is 0 Å². The average molecular weight is 364 g/mol. The van der Waals surface area contributed by atoms with E-state index in [1.807, 2.05) is 39.0 Å². The molecule has 0 amide bonds. The van der Waals surface area contributed by atoms with Crippen LogP contribution in [0.2, 0.25) is 0 Å². The zero-order valence-corrected chi connectivity index (χ0v) is 15.1. The van der Waals surface area contributed by atoms with Gasteiger partial charge in [0.2, 0.25) is 0 Å². The molecule has 0 unspecified atom stereocenters. The Balaban J connectivity index is 2.33.